The molecule has 0 saturated carbocycles. The van der Waals surface area contributed by atoms with E-state index in [1.807, 2.05) is 45.2 Å². The van der Waals surface area contributed by atoms with E-state index >= 15 is 0 Å². The summed E-state index contributed by atoms with van der Waals surface area (Å²) < 4.78 is 18.8. The van der Waals surface area contributed by atoms with Crippen LogP contribution in [0.15, 0.2) is 41.6 Å². The number of carbonyl (C=O) groups excluding carboxylic acids is 1. The van der Waals surface area contributed by atoms with E-state index < -0.39 is 5.60 Å². The van der Waals surface area contributed by atoms with E-state index in [1.54, 1.807) is 43.1 Å². The van der Waals surface area contributed by atoms with Crippen molar-refractivity contribution in [1.82, 2.24) is 24.3 Å². The maximum Gasteiger partial charge on any atom is 0.410 e. The second kappa shape index (κ2) is 11.1. The van der Waals surface area contributed by atoms with Gasteiger partial charge in [-0.3, -0.25) is 19.6 Å². The highest BCUT2D eigenvalue weighted by molar-refractivity contribution is 5.95. The summed E-state index contributed by atoms with van der Waals surface area (Å²) in [5.74, 6) is 1.50. The third-order valence-electron chi connectivity index (χ3n) is 7.72. The van der Waals surface area contributed by atoms with Crippen LogP contribution in [0.4, 0.5) is 4.79 Å². The molecule has 1 amide bonds. The number of rotatable bonds is 6. The lowest BCUT2D eigenvalue weighted by atomic mass is 9.98. The number of likely N-dealkylation sites (tertiary alicyclic amines) is 1. The predicted molar refractivity (Wildman–Crippen MR) is 154 cm³/mol. The molecule has 10 heteroatoms. The maximum absolute atomic E-state index is 12.7. The van der Waals surface area contributed by atoms with Crippen LogP contribution in [0.25, 0.3) is 21.9 Å². The fourth-order valence-electron chi connectivity index (χ4n) is 5.51. The van der Waals surface area contributed by atoms with Crippen molar-refractivity contribution in [3.05, 3.63) is 52.7 Å². The molecule has 4 heterocycles. The number of carbonyl (C=O) groups is 1. The number of nitrogens with zero attached hydrogens (tertiary/aromatic N) is 5. The minimum Gasteiger partial charge on any atom is -0.496 e. The van der Waals surface area contributed by atoms with Gasteiger partial charge in [-0.15, -0.1) is 0 Å². The molecule has 3 aromatic rings. The zero-order chi connectivity index (χ0) is 28.6. The van der Waals surface area contributed by atoms with Gasteiger partial charge in [-0.05, 0) is 49.9 Å². The third kappa shape index (κ3) is 5.64. The fourth-order valence-corrected chi connectivity index (χ4v) is 5.51. The minimum absolute atomic E-state index is 0.0824. The average Bonchev–Trinajstić information content (AvgIpc) is 2.90. The summed E-state index contributed by atoms with van der Waals surface area (Å²) in [6.07, 6.45) is 4.93. The fraction of sp³-hybridized carbons (Fsp3) is 0.500. The van der Waals surface area contributed by atoms with Crippen LogP contribution >= 0.6 is 0 Å². The summed E-state index contributed by atoms with van der Waals surface area (Å²) in [5.41, 5.74) is 2.27. The van der Waals surface area contributed by atoms with Gasteiger partial charge in [0, 0.05) is 83.1 Å². The van der Waals surface area contributed by atoms with Crippen LogP contribution in [0.1, 0.15) is 26.3 Å². The number of aromatic nitrogens is 2. The predicted octanol–water partition coefficient (Wildman–Crippen LogP) is 3.35. The molecule has 2 fully saturated rings. The van der Waals surface area contributed by atoms with Crippen molar-refractivity contribution in [3.63, 3.8) is 0 Å². The van der Waals surface area contributed by atoms with Crippen molar-refractivity contribution in [2.45, 2.75) is 39.0 Å². The number of piperazine rings is 1. The Morgan fingerprint density at radius 2 is 1.68 bits per heavy atom. The van der Waals surface area contributed by atoms with E-state index in [0.29, 0.717) is 31.1 Å². The molecular formula is C30H39N5O5. The Kier molecular flexibility index (Phi) is 7.74. The van der Waals surface area contributed by atoms with Crippen molar-refractivity contribution >= 4 is 16.9 Å². The lowest BCUT2D eigenvalue weighted by Crippen LogP contribution is -2.64. The molecule has 1 aromatic carbocycles. The lowest BCUT2D eigenvalue weighted by molar-refractivity contribution is -0.0253. The molecule has 5 rings (SSSR count). The molecular weight excluding hydrogens is 510 g/mol. The summed E-state index contributed by atoms with van der Waals surface area (Å²) in [6.45, 7) is 11.5. The number of hydrogen-bond donors (Lipinski definition) is 0. The topological polar surface area (TPSA) is 89.4 Å². The number of methoxy groups -OCH3 is 2. The molecule has 0 unspecified atom stereocenters. The zero-order valence-corrected chi connectivity index (χ0v) is 24.3. The highest BCUT2D eigenvalue weighted by Gasteiger charge is 2.38. The van der Waals surface area contributed by atoms with Crippen LogP contribution in [-0.2, 0) is 18.3 Å². The molecule has 10 nitrogen and oxygen atoms in total. The van der Waals surface area contributed by atoms with Gasteiger partial charge in [0.25, 0.3) is 5.56 Å². The van der Waals surface area contributed by atoms with E-state index in [4.69, 9.17) is 14.2 Å². The van der Waals surface area contributed by atoms with Crippen molar-refractivity contribution in [3.8, 4) is 22.6 Å². The minimum atomic E-state index is -0.473. The van der Waals surface area contributed by atoms with Crippen molar-refractivity contribution in [1.29, 1.82) is 0 Å². The molecule has 2 aliphatic heterocycles. The molecule has 0 aliphatic carbocycles. The smallest absolute Gasteiger partial charge is 0.410 e. The van der Waals surface area contributed by atoms with Gasteiger partial charge < -0.3 is 23.7 Å². The van der Waals surface area contributed by atoms with Crippen LogP contribution in [-0.4, -0.2) is 95.5 Å². The van der Waals surface area contributed by atoms with Crippen LogP contribution < -0.4 is 15.0 Å². The quantitative estimate of drug-likeness (QED) is 0.463. The number of aryl methyl sites for hydroxylation is 1. The first-order valence-electron chi connectivity index (χ1n) is 13.7. The molecule has 2 aromatic heterocycles. The first-order valence-corrected chi connectivity index (χ1v) is 13.7. The van der Waals surface area contributed by atoms with Crippen molar-refractivity contribution in [2.75, 3.05) is 53.5 Å². The number of pyridine rings is 2. The summed E-state index contributed by atoms with van der Waals surface area (Å²) in [7, 11) is 5.10. The Labute approximate surface area is 235 Å². The van der Waals surface area contributed by atoms with Crippen LogP contribution in [0.3, 0.4) is 0 Å². The van der Waals surface area contributed by atoms with Crippen molar-refractivity contribution < 1.29 is 19.0 Å². The molecule has 0 spiro atoms. The highest BCUT2D eigenvalue weighted by atomic mass is 16.6. The number of benzene rings is 1. The number of ether oxygens (including phenoxy) is 3. The second-order valence-electron chi connectivity index (χ2n) is 11.6. The van der Waals surface area contributed by atoms with Crippen LogP contribution in [0, 0.1) is 0 Å². The van der Waals surface area contributed by atoms with Gasteiger partial charge >= 0.3 is 6.09 Å². The van der Waals surface area contributed by atoms with Gasteiger partial charge in [0.05, 0.1) is 25.2 Å². The van der Waals surface area contributed by atoms with E-state index in [9.17, 15) is 9.59 Å². The van der Waals surface area contributed by atoms with Gasteiger partial charge in [-0.25, -0.2) is 4.79 Å². The Hall–Kier alpha value is -3.63. The molecule has 0 bridgehead atoms. The SMILES string of the molecule is COc1cc(-c2cn(C)c(=O)c3cnccc23)cc(OC)c1CN1CCN(C2CN(C(=O)OC(C)(C)C)C2)CC1. The molecule has 214 valence electrons. The van der Waals surface area contributed by atoms with Gasteiger partial charge in [0.15, 0.2) is 0 Å². The highest BCUT2D eigenvalue weighted by Crippen LogP contribution is 2.38. The van der Waals surface area contributed by atoms with Gasteiger partial charge in [0.1, 0.15) is 17.1 Å². The monoisotopic (exact) mass is 549 g/mol. The largest absolute Gasteiger partial charge is 0.496 e. The van der Waals surface area contributed by atoms with Gasteiger partial charge in [-0.2, -0.15) is 0 Å². The van der Waals surface area contributed by atoms with E-state index in [1.165, 1.54) is 0 Å². The Balaban J connectivity index is 1.28. The maximum atomic E-state index is 12.7. The molecule has 2 aliphatic rings. The summed E-state index contributed by atoms with van der Waals surface area (Å²) in [6, 6.07) is 6.29. The third-order valence-corrected chi connectivity index (χ3v) is 7.72. The van der Waals surface area contributed by atoms with E-state index in [2.05, 4.69) is 14.8 Å². The molecule has 40 heavy (non-hydrogen) atoms. The number of hydrogen-bond acceptors (Lipinski definition) is 8. The Morgan fingerprint density at radius 3 is 2.27 bits per heavy atom. The normalized spacial score (nSPS) is 17.1. The molecule has 0 atom stereocenters. The lowest BCUT2D eigenvalue weighted by Gasteiger charge is -2.48. The zero-order valence-electron chi connectivity index (χ0n) is 24.3. The summed E-state index contributed by atoms with van der Waals surface area (Å²) in [5, 5.41) is 1.41. The van der Waals surface area contributed by atoms with Gasteiger partial charge in [-0.1, -0.05) is 0 Å². The standard InChI is InChI=1S/C30H39N5O5/c1-30(2,3)40-29(37)35-16-21(17-35)34-11-9-33(10-12-34)19-25-26(38-5)13-20(14-27(25)39-6)24-18-32(4)28(36)23-15-31-8-7-22(23)24/h7-8,13-15,18,21H,9-12,16-17,19H2,1-6H3. The average molecular weight is 550 g/mol. The van der Waals surface area contributed by atoms with Crippen LogP contribution in [0.5, 0.6) is 11.5 Å². The van der Waals surface area contributed by atoms with E-state index in [-0.39, 0.29) is 11.7 Å². The second-order valence-corrected chi connectivity index (χ2v) is 11.6. The van der Waals surface area contributed by atoms with Crippen molar-refractivity contribution in [2.24, 2.45) is 7.05 Å². The molecule has 0 radical (unpaired) electrons. The molecule has 2 saturated heterocycles. The first-order chi connectivity index (χ1) is 19.1. The van der Waals surface area contributed by atoms with Gasteiger partial charge in [0.2, 0.25) is 0 Å². The number of amides is 1. The summed E-state index contributed by atoms with van der Waals surface area (Å²) in [4.78, 5) is 35.8. The van der Waals surface area contributed by atoms with E-state index in [0.717, 1.165) is 59.8 Å². The Bertz CT molecular complexity index is 1420. The molecule has 0 N–H and O–H groups in total. The first kappa shape index (κ1) is 27.9. The summed E-state index contributed by atoms with van der Waals surface area (Å²) >= 11 is 0. The Morgan fingerprint density at radius 1 is 1.02 bits per heavy atom. The number of fused-ring (bicyclic) bond motifs is 1. The van der Waals surface area contributed by atoms with Crippen LogP contribution in [0.2, 0.25) is 0 Å².